The quantitative estimate of drug-likeness (QED) is 0.785. The average Bonchev–Trinajstić information content (AvgIpc) is 2.86. The highest BCUT2D eigenvalue weighted by atomic mass is 16.5. The van der Waals surface area contributed by atoms with Crippen LogP contribution in [0.3, 0.4) is 0 Å². The normalized spacial score (nSPS) is 10.7. The molecular formula is C14H17N2O. The van der Waals surface area contributed by atoms with E-state index in [4.69, 9.17) is 4.52 Å². The summed E-state index contributed by atoms with van der Waals surface area (Å²) in [7, 11) is 0. The Morgan fingerprint density at radius 3 is 2.59 bits per heavy atom. The fourth-order valence-electron chi connectivity index (χ4n) is 1.66. The molecule has 0 amide bonds. The molecule has 2 rings (SSSR count). The predicted octanol–water partition coefficient (Wildman–Crippen LogP) is 3.65. The molecule has 0 unspecified atom stereocenters. The van der Waals surface area contributed by atoms with Crippen molar-refractivity contribution in [1.29, 1.82) is 0 Å². The number of nitrogens with zero attached hydrogens (tertiary/aromatic N) is 2. The van der Waals surface area contributed by atoms with Crippen LogP contribution in [0.15, 0.2) is 28.8 Å². The van der Waals surface area contributed by atoms with Crippen molar-refractivity contribution < 1.29 is 4.52 Å². The molecule has 0 saturated carbocycles. The van der Waals surface area contributed by atoms with Gasteiger partial charge in [-0.3, -0.25) is 0 Å². The average molecular weight is 229 g/mol. The zero-order chi connectivity index (χ0) is 12.1. The topological polar surface area (TPSA) is 38.9 Å². The Kier molecular flexibility index (Phi) is 3.91. The molecule has 0 saturated heterocycles. The number of aryl methyl sites for hydroxylation is 1. The minimum absolute atomic E-state index is 0.583. The molecule has 1 aromatic heterocycles. The monoisotopic (exact) mass is 229 g/mol. The lowest BCUT2D eigenvalue weighted by Crippen LogP contribution is -1.85. The molecule has 0 bridgehead atoms. The molecule has 0 atom stereocenters. The maximum atomic E-state index is 5.17. The smallest absolute Gasteiger partial charge is 0.257 e. The summed E-state index contributed by atoms with van der Waals surface area (Å²) in [6.07, 6.45) is 5.41. The fourth-order valence-corrected chi connectivity index (χ4v) is 1.66. The maximum absolute atomic E-state index is 5.17. The van der Waals surface area contributed by atoms with Crippen molar-refractivity contribution in [3.05, 3.63) is 42.1 Å². The number of unbranched alkanes of at least 4 members (excludes halogenated alkanes) is 1. The molecule has 1 radical (unpaired) electrons. The largest absolute Gasteiger partial charge is 0.334 e. The summed E-state index contributed by atoms with van der Waals surface area (Å²) in [5, 5.41) is 3.84. The second-order valence-corrected chi connectivity index (χ2v) is 4.05. The standard InChI is InChI=1S/C14H17N2O/c1-3-5-6-11-7-9-12(10-8-11)14-15-13(4-2)16-17-14/h4,7-10H,3,5-6H2,1-2H3. The van der Waals surface area contributed by atoms with Gasteiger partial charge in [0, 0.05) is 12.0 Å². The van der Waals surface area contributed by atoms with Crippen LogP contribution in [-0.2, 0) is 6.42 Å². The molecular weight excluding hydrogens is 212 g/mol. The molecule has 0 aliphatic rings. The highest BCUT2D eigenvalue weighted by molar-refractivity contribution is 5.53. The second-order valence-electron chi connectivity index (χ2n) is 4.05. The first-order chi connectivity index (χ1) is 8.33. The highest BCUT2D eigenvalue weighted by Gasteiger charge is 2.07. The van der Waals surface area contributed by atoms with Crippen LogP contribution in [0.25, 0.3) is 11.5 Å². The van der Waals surface area contributed by atoms with Crippen molar-refractivity contribution in [3.8, 4) is 11.5 Å². The summed E-state index contributed by atoms with van der Waals surface area (Å²) in [6, 6.07) is 8.34. The molecule has 3 heteroatoms. The predicted molar refractivity (Wildman–Crippen MR) is 67.4 cm³/mol. The first kappa shape index (κ1) is 11.8. The Hall–Kier alpha value is -1.64. The van der Waals surface area contributed by atoms with Crippen LogP contribution in [-0.4, -0.2) is 10.1 Å². The SMILES string of the molecule is C[CH]c1noc(-c2ccc(CCCC)cc2)n1. The minimum atomic E-state index is 0.583. The number of rotatable bonds is 5. The van der Waals surface area contributed by atoms with Gasteiger partial charge in [-0.1, -0.05) is 37.6 Å². The van der Waals surface area contributed by atoms with Gasteiger partial charge in [0.1, 0.15) is 0 Å². The van der Waals surface area contributed by atoms with Gasteiger partial charge in [0.25, 0.3) is 5.89 Å². The van der Waals surface area contributed by atoms with E-state index in [2.05, 4.69) is 29.2 Å². The zero-order valence-electron chi connectivity index (χ0n) is 10.3. The van der Waals surface area contributed by atoms with Crippen molar-refractivity contribution in [3.63, 3.8) is 0 Å². The molecule has 0 N–H and O–H groups in total. The lowest BCUT2D eigenvalue weighted by atomic mass is 10.1. The van der Waals surface area contributed by atoms with Crippen LogP contribution in [0, 0.1) is 6.42 Å². The van der Waals surface area contributed by atoms with Gasteiger partial charge in [-0.15, -0.1) is 0 Å². The second kappa shape index (κ2) is 5.62. The maximum Gasteiger partial charge on any atom is 0.257 e. The van der Waals surface area contributed by atoms with Gasteiger partial charge in [-0.25, -0.2) is 0 Å². The number of hydrogen-bond donors (Lipinski definition) is 0. The summed E-state index contributed by atoms with van der Waals surface area (Å²) >= 11 is 0. The van der Waals surface area contributed by atoms with E-state index >= 15 is 0 Å². The van der Waals surface area contributed by atoms with Crippen LogP contribution in [0.4, 0.5) is 0 Å². The van der Waals surface area contributed by atoms with Gasteiger partial charge in [0.2, 0.25) is 0 Å². The van der Waals surface area contributed by atoms with E-state index in [1.54, 1.807) is 0 Å². The Balaban J connectivity index is 2.11. The molecule has 89 valence electrons. The molecule has 0 spiro atoms. The van der Waals surface area contributed by atoms with Crippen LogP contribution >= 0.6 is 0 Å². The minimum Gasteiger partial charge on any atom is -0.334 e. The van der Waals surface area contributed by atoms with E-state index in [1.165, 1.54) is 18.4 Å². The van der Waals surface area contributed by atoms with Crippen molar-refractivity contribution in [2.75, 3.05) is 0 Å². The van der Waals surface area contributed by atoms with E-state index in [9.17, 15) is 0 Å². The lowest BCUT2D eigenvalue weighted by molar-refractivity contribution is 0.426. The Bertz CT molecular complexity index is 459. The highest BCUT2D eigenvalue weighted by Crippen LogP contribution is 2.18. The van der Waals surface area contributed by atoms with Crippen LogP contribution in [0.2, 0.25) is 0 Å². The van der Waals surface area contributed by atoms with E-state index in [1.807, 2.05) is 25.5 Å². The van der Waals surface area contributed by atoms with Gasteiger partial charge < -0.3 is 4.52 Å². The Morgan fingerprint density at radius 1 is 1.24 bits per heavy atom. The number of aromatic nitrogens is 2. The van der Waals surface area contributed by atoms with Crippen LogP contribution < -0.4 is 0 Å². The Labute approximate surface area is 102 Å². The van der Waals surface area contributed by atoms with Crippen molar-refractivity contribution in [1.82, 2.24) is 10.1 Å². The third-order valence-corrected chi connectivity index (χ3v) is 2.72. The number of benzene rings is 1. The molecule has 2 aromatic rings. The molecule has 0 aliphatic heterocycles. The molecule has 0 aliphatic carbocycles. The van der Waals surface area contributed by atoms with Crippen molar-refractivity contribution >= 4 is 0 Å². The van der Waals surface area contributed by atoms with Crippen LogP contribution in [0.1, 0.15) is 38.1 Å². The van der Waals surface area contributed by atoms with Gasteiger partial charge in [0.05, 0.1) is 0 Å². The first-order valence-corrected chi connectivity index (χ1v) is 6.06. The molecule has 3 nitrogen and oxygen atoms in total. The van der Waals surface area contributed by atoms with Crippen molar-refractivity contribution in [2.24, 2.45) is 0 Å². The number of hydrogen-bond acceptors (Lipinski definition) is 3. The molecule has 1 heterocycles. The zero-order valence-corrected chi connectivity index (χ0v) is 10.3. The molecule has 17 heavy (non-hydrogen) atoms. The fraction of sp³-hybridized carbons (Fsp3) is 0.357. The summed E-state index contributed by atoms with van der Waals surface area (Å²) in [5.74, 6) is 1.22. The van der Waals surface area contributed by atoms with Gasteiger partial charge >= 0.3 is 0 Å². The van der Waals surface area contributed by atoms with E-state index in [0.717, 1.165) is 12.0 Å². The van der Waals surface area contributed by atoms with E-state index < -0.39 is 0 Å². The lowest BCUT2D eigenvalue weighted by Gasteiger charge is -2.00. The Morgan fingerprint density at radius 2 is 2.00 bits per heavy atom. The summed E-state index contributed by atoms with van der Waals surface area (Å²) in [6.45, 7) is 4.10. The van der Waals surface area contributed by atoms with Gasteiger partial charge in [-0.2, -0.15) is 4.98 Å². The molecule has 0 fully saturated rings. The summed E-state index contributed by atoms with van der Waals surface area (Å²) < 4.78 is 5.17. The van der Waals surface area contributed by atoms with Crippen molar-refractivity contribution in [2.45, 2.75) is 33.1 Å². The van der Waals surface area contributed by atoms with Gasteiger partial charge in [-0.05, 0) is 30.5 Å². The van der Waals surface area contributed by atoms with E-state index in [0.29, 0.717) is 11.7 Å². The molecule has 1 aromatic carbocycles. The van der Waals surface area contributed by atoms with Crippen LogP contribution in [0.5, 0.6) is 0 Å². The summed E-state index contributed by atoms with van der Waals surface area (Å²) in [5.41, 5.74) is 2.34. The summed E-state index contributed by atoms with van der Waals surface area (Å²) in [4.78, 5) is 4.26. The first-order valence-electron chi connectivity index (χ1n) is 6.06. The third-order valence-electron chi connectivity index (χ3n) is 2.72. The van der Waals surface area contributed by atoms with E-state index in [-0.39, 0.29) is 0 Å². The van der Waals surface area contributed by atoms with Gasteiger partial charge in [0.15, 0.2) is 5.82 Å². The third kappa shape index (κ3) is 2.93.